The van der Waals surface area contributed by atoms with Crippen molar-refractivity contribution < 1.29 is 19.4 Å². The van der Waals surface area contributed by atoms with Gasteiger partial charge in [-0.05, 0) is 5.56 Å². The molecule has 1 amide bonds. The summed E-state index contributed by atoms with van der Waals surface area (Å²) >= 11 is 0. The Morgan fingerprint density at radius 1 is 1.00 bits per heavy atom. The minimum atomic E-state index is -1.08. The van der Waals surface area contributed by atoms with Gasteiger partial charge in [-0.1, -0.05) is 30.3 Å². The molecule has 1 unspecified atom stereocenters. The van der Waals surface area contributed by atoms with Crippen LogP contribution in [0.1, 0.15) is 5.56 Å². The first-order valence-electron chi connectivity index (χ1n) is 9.69. The third kappa shape index (κ3) is 9.14. The van der Waals surface area contributed by atoms with Gasteiger partial charge in [0.1, 0.15) is 12.6 Å². The number of carbonyl (C=O) groups is 2. The number of ether oxygens (including phenoxy) is 1. The SMILES string of the molecule is O=C(NC(CN1CCNCCNCCNCC1)C(=O)O)OCc1ccccc1. The van der Waals surface area contributed by atoms with Crippen LogP contribution >= 0.6 is 0 Å². The van der Waals surface area contributed by atoms with E-state index in [-0.39, 0.29) is 13.2 Å². The maximum absolute atomic E-state index is 12.0. The van der Waals surface area contributed by atoms with E-state index in [2.05, 4.69) is 21.3 Å². The number of rotatable bonds is 6. The Balaban J connectivity index is 1.82. The van der Waals surface area contributed by atoms with Crippen molar-refractivity contribution >= 4 is 12.1 Å². The van der Waals surface area contributed by atoms with E-state index in [1.165, 1.54) is 0 Å². The first kappa shape index (κ1) is 22.1. The molecule has 0 bridgehead atoms. The summed E-state index contributed by atoms with van der Waals surface area (Å²) in [7, 11) is 0. The Hall–Kier alpha value is -2.20. The van der Waals surface area contributed by atoms with E-state index in [4.69, 9.17) is 4.74 Å². The van der Waals surface area contributed by atoms with Crippen LogP contribution in [0.25, 0.3) is 0 Å². The summed E-state index contributed by atoms with van der Waals surface area (Å²) in [5.41, 5.74) is 0.847. The summed E-state index contributed by atoms with van der Waals surface area (Å²) in [6, 6.07) is 8.24. The Labute approximate surface area is 165 Å². The highest BCUT2D eigenvalue weighted by Crippen LogP contribution is 2.01. The van der Waals surface area contributed by atoms with E-state index >= 15 is 0 Å². The number of hydrogen-bond donors (Lipinski definition) is 5. The third-order valence-electron chi connectivity index (χ3n) is 4.41. The van der Waals surface area contributed by atoms with Gasteiger partial charge in [-0.25, -0.2) is 9.59 Å². The fraction of sp³-hybridized carbons (Fsp3) is 0.579. The predicted molar refractivity (Wildman–Crippen MR) is 106 cm³/mol. The van der Waals surface area contributed by atoms with Crippen LogP contribution < -0.4 is 21.3 Å². The van der Waals surface area contributed by atoms with Gasteiger partial charge in [0.05, 0.1) is 0 Å². The van der Waals surface area contributed by atoms with Crippen molar-refractivity contribution in [2.75, 3.05) is 58.9 Å². The molecular formula is C19H31N5O4. The van der Waals surface area contributed by atoms with Gasteiger partial charge in [0.25, 0.3) is 0 Å². The lowest BCUT2D eigenvalue weighted by molar-refractivity contribution is -0.139. The molecule has 156 valence electrons. The van der Waals surface area contributed by atoms with E-state index in [9.17, 15) is 14.7 Å². The molecule has 0 aromatic heterocycles. The number of alkyl carbamates (subject to hydrolysis) is 1. The van der Waals surface area contributed by atoms with Crippen LogP contribution in [0, 0.1) is 0 Å². The molecule has 5 N–H and O–H groups in total. The molecule has 28 heavy (non-hydrogen) atoms. The lowest BCUT2D eigenvalue weighted by atomic mass is 10.2. The number of nitrogens with one attached hydrogen (secondary N) is 4. The summed E-state index contributed by atoms with van der Waals surface area (Å²) in [6.45, 7) is 6.75. The first-order chi connectivity index (χ1) is 13.6. The topological polar surface area (TPSA) is 115 Å². The average molecular weight is 393 g/mol. The second kappa shape index (κ2) is 13.1. The highest BCUT2D eigenvalue weighted by molar-refractivity contribution is 5.80. The highest BCUT2D eigenvalue weighted by Gasteiger charge is 2.23. The summed E-state index contributed by atoms with van der Waals surface area (Å²) < 4.78 is 5.15. The Morgan fingerprint density at radius 3 is 2.14 bits per heavy atom. The molecule has 1 aliphatic rings. The van der Waals surface area contributed by atoms with Gasteiger partial charge in [0, 0.05) is 58.9 Å². The largest absolute Gasteiger partial charge is 0.480 e. The fourth-order valence-corrected chi connectivity index (χ4v) is 2.85. The minimum absolute atomic E-state index is 0.102. The molecule has 1 aromatic carbocycles. The number of carboxylic acid groups (broad SMARTS) is 1. The average Bonchev–Trinajstić information content (AvgIpc) is 2.68. The van der Waals surface area contributed by atoms with Crippen LogP contribution in [0.5, 0.6) is 0 Å². The first-order valence-corrected chi connectivity index (χ1v) is 9.69. The van der Waals surface area contributed by atoms with Crippen molar-refractivity contribution in [2.45, 2.75) is 12.6 Å². The van der Waals surface area contributed by atoms with Crippen molar-refractivity contribution in [2.24, 2.45) is 0 Å². The summed E-state index contributed by atoms with van der Waals surface area (Å²) in [5, 5.41) is 22.0. The molecule has 1 heterocycles. The molecule has 1 aliphatic heterocycles. The zero-order valence-corrected chi connectivity index (χ0v) is 16.2. The van der Waals surface area contributed by atoms with E-state index < -0.39 is 18.1 Å². The molecule has 1 saturated heterocycles. The molecule has 9 nitrogen and oxygen atoms in total. The van der Waals surface area contributed by atoms with Crippen molar-refractivity contribution in [3.8, 4) is 0 Å². The van der Waals surface area contributed by atoms with E-state index in [1.54, 1.807) is 0 Å². The molecule has 2 rings (SSSR count). The molecule has 1 fully saturated rings. The van der Waals surface area contributed by atoms with Gasteiger partial charge in [-0.3, -0.25) is 4.90 Å². The third-order valence-corrected chi connectivity index (χ3v) is 4.41. The van der Waals surface area contributed by atoms with Crippen LogP contribution in [0.2, 0.25) is 0 Å². The van der Waals surface area contributed by atoms with Crippen molar-refractivity contribution in [1.29, 1.82) is 0 Å². The van der Waals surface area contributed by atoms with Crippen molar-refractivity contribution in [1.82, 2.24) is 26.2 Å². The number of nitrogens with zero attached hydrogens (tertiary/aromatic N) is 1. The highest BCUT2D eigenvalue weighted by atomic mass is 16.5. The normalized spacial score (nSPS) is 18.3. The lowest BCUT2D eigenvalue weighted by Crippen LogP contribution is -2.51. The van der Waals surface area contributed by atoms with Gasteiger partial charge in [0.15, 0.2) is 0 Å². The van der Waals surface area contributed by atoms with Crippen LogP contribution in [0.15, 0.2) is 30.3 Å². The lowest BCUT2D eigenvalue weighted by Gasteiger charge is -2.26. The second-order valence-corrected chi connectivity index (χ2v) is 6.65. The van der Waals surface area contributed by atoms with Crippen LogP contribution in [-0.4, -0.2) is 87.0 Å². The van der Waals surface area contributed by atoms with E-state index in [1.807, 2.05) is 35.2 Å². The number of hydrogen-bond acceptors (Lipinski definition) is 7. The van der Waals surface area contributed by atoms with E-state index in [0.29, 0.717) is 13.1 Å². The molecule has 1 aromatic rings. The van der Waals surface area contributed by atoms with Gasteiger partial charge in [0.2, 0.25) is 0 Å². The summed E-state index contributed by atoms with van der Waals surface area (Å²) in [5.74, 6) is -1.08. The van der Waals surface area contributed by atoms with Gasteiger partial charge in [-0.15, -0.1) is 0 Å². The number of benzene rings is 1. The standard InChI is InChI=1S/C19H31N5O4/c25-18(26)17(23-19(27)28-15-16-4-2-1-3-5-16)14-24-12-10-21-8-6-20-7-9-22-11-13-24/h1-5,17,20-22H,6-15H2,(H,23,27)(H,25,26). The molecular weight excluding hydrogens is 362 g/mol. The second-order valence-electron chi connectivity index (χ2n) is 6.65. The quantitative estimate of drug-likeness (QED) is 0.437. The zero-order valence-electron chi connectivity index (χ0n) is 16.2. The summed E-state index contributed by atoms with van der Waals surface area (Å²) in [6.07, 6.45) is -0.729. The smallest absolute Gasteiger partial charge is 0.408 e. The molecule has 0 radical (unpaired) electrons. The zero-order chi connectivity index (χ0) is 20.0. The Bertz CT molecular complexity index is 575. The van der Waals surface area contributed by atoms with Crippen molar-refractivity contribution in [3.05, 3.63) is 35.9 Å². The summed E-state index contributed by atoms with van der Waals surface area (Å²) in [4.78, 5) is 25.7. The van der Waals surface area contributed by atoms with Gasteiger partial charge in [-0.2, -0.15) is 0 Å². The molecule has 0 aliphatic carbocycles. The number of aliphatic carboxylic acids is 1. The Kier molecular flexibility index (Phi) is 10.3. The van der Waals surface area contributed by atoms with Crippen LogP contribution in [0.4, 0.5) is 4.79 Å². The molecule has 9 heteroatoms. The number of carbonyl (C=O) groups excluding carboxylic acids is 1. The maximum Gasteiger partial charge on any atom is 0.408 e. The van der Waals surface area contributed by atoms with Crippen molar-refractivity contribution in [3.63, 3.8) is 0 Å². The Morgan fingerprint density at radius 2 is 1.57 bits per heavy atom. The molecule has 1 atom stereocenters. The van der Waals surface area contributed by atoms with Gasteiger partial charge < -0.3 is 31.1 Å². The fourth-order valence-electron chi connectivity index (χ4n) is 2.85. The maximum atomic E-state index is 12.0. The predicted octanol–water partition coefficient (Wildman–Crippen LogP) is -0.550. The minimum Gasteiger partial charge on any atom is -0.480 e. The van der Waals surface area contributed by atoms with Crippen LogP contribution in [0.3, 0.4) is 0 Å². The van der Waals surface area contributed by atoms with Crippen LogP contribution in [-0.2, 0) is 16.1 Å². The molecule has 0 saturated carbocycles. The van der Waals surface area contributed by atoms with E-state index in [0.717, 1.165) is 44.8 Å². The monoisotopic (exact) mass is 393 g/mol. The number of carboxylic acids is 1. The molecule has 0 spiro atoms. The van der Waals surface area contributed by atoms with Gasteiger partial charge >= 0.3 is 12.1 Å². The number of amides is 1.